The average Bonchev–Trinajstić information content (AvgIpc) is 3.24. The van der Waals surface area contributed by atoms with Crippen molar-refractivity contribution >= 4 is 12.4 Å². The number of halogens is 1. The Labute approximate surface area is 151 Å². The van der Waals surface area contributed by atoms with Crippen molar-refractivity contribution < 1.29 is 9.47 Å². The van der Waals surface area contributed by atoms with Gasteiger partial charge in [-0.1, -0.05) is 18.6 Å². The third-order valence-electron chi connectivity index (χ3n) is 5.61. The number of rotatable bonds is 5. The molecule has 0 spiro atoms. The van der Waals surface area contributed by atoms with Crippen LogP contribution in [0.5, 0.6) is 5.75 Å². The monoisotopic (exact) mass is 352 g/mol. The molecule has 3 atom stereocenters. The molecule has 1 saturated heterocycles. The molecule has 0 bridgehead atoms. The molecule has 2 fully saturated rings. The highest BCUT2D eigenvalue weighted by molar-refractivity contribution is 5.85. The minimum absolute atomic E-state index is 0. The maximum Gasteiger partial charge on any atom is 0.122 e. The van der Waals surface area contributed by atoms with Gasteiger partial charge in [0.05, 0.1) is 19.8 Å². The van der Waals surface area contributed by atoms with Gasteiger partial charge in [0.25, 0.3) is 0 Å². The van der Waals surface area contributed by atoms with Gasteiger partial charge < -0.3 is 20.1 Å². The van der Waals surface area contributed by atoms with Crippen LogP contribution in [0.3, 0.4) is 0 Å². The lowest BCUT2D eigenvalue weighted by Crippen LogP contribution is -2.51. The number of nitrogens with one attached hydrogen (secondary N) is 2. The molecule has 4 nitrogen and oxygen atoms in total. The zero-order chi connectivity index (χ0) is 15.5. The van der Waals surface area contributed by atoms with E-state index in [2.05, 4.69) is 28.8 Å². The van der Waals surface area contributed by atoms with E-state index in [0.29, 0.717) is 12.1 Å². The molecule has 5 heteroatoms. The number of benzene rings is 1. The summed E-state index contributed by atoms with van der Waals surface area (Å²) >= 11 is 0. The quantitative estimate of drug-likeness (QED) is 0.853. The molecule has 1 saturated carbocycles. The third-order valence-corrected chi connectivity index (χ3v) is 5.61. The Kier molecular flexibility index (Phi) is 6.39. The first-order valence-electron chi connectivity index (χ1n) is 9.19. The van der Waals surface area contributed by atoms with Crippen LogP contribution < -0.4 is 15.4 Å². The van der Waals surface area contributed by atoms with Gasteiger partial charge >= 0.3 is 0 Å². The molecule has 2 N–H and O–H groups in total. The highest BCUT2D eigenvalue weighted by Crippen LogP contribution is 2.30. The van der Waals surface area contributed by atoms with E-state index in [1.165, 1.54) is 30.4 Å². The van der Waals surface area contributed by atoms with E-state index in [0.717, 1.165) is 57.4 Å². The van der Waals surface area contributed by atoms with Gasteiger partial charge in [0.15, 0.2) is 0 Å². The molecule has 4 rings (SSSR count). The second-order valence-corrected chi connectivity index (χ2v) is 7.08. The van der Waals surface area contributed by atoms with E-state index in [4.69, 9.17) is 9.47 Å². The Balaban J connectivity index is 0.00000169. The van der Waals surface area contributed by atoms with E-state index in [1.54, 1.807) is 0 Å². The molecule has 0 aromatic heterocycles. The van der Waals surface area contributed by atoms with Gasteiger partial charge in [0.1, 0.15) is 5.75 Å². The van der Waals surface area contributed by atoms with Crippen molar-refractivity contribution in [3.05, 3.63) is 29.3 Å². The summed E-state index contributed by atoms with van der Waals surface area (Å²) in [6.45, 7) is 4.66. The first-order chi connectivity index (χ1) is 11.4. The van der Waals surface area contributed by atoms with Gasteiger partial charge in [0.2, 0.25) is 0 Å². The second-order valence-electron chi connectivity index (χ2n) is 7.08. The summed E-state index contributed by atoms with van der Waals surface area (Å²) in [5, 5.41) is 7.47. The molecule has 134 valence electrons. The number of morpholine rings is 1. The van der Waals surface area contributed by atoms with E-state index in [1.807, 2.05) is 0 Å². The largest absolute Gasteiger partial charge is 0.493 e. The van der Waals surface area contributed by atoms with E-state index >= 15 is 0 Å². The van der Waals surface area contributed by atoms with Crippen LogP contribution in [0.4, 0.5) is 0 Å². The Morgan fingerprint density at radius 1 is 1.21 bits per heavy atom. The highest BCUT2D eigenvalue weighted by Gasteiger charge is 2.34. The van der Waals surface area contributed by atoms with Crippen molar-refractivity contribution in [1.29, 1.82) is 0 Å². The summed E-state index contributed by atoms with van der Waals surface area (Å²) in [4.78, 5) is 0. The fourth-order valence-corrected chi connectivity index (χ4v) is 4.38. The van der Waals surface area contributed by atoms with Crippen LogP contribution in [0.15, 0.2) is 18.2 Å². The Bertz CT molecular complexity index is 534. The summed E-state index contributed by atoms with van der Waals surface area (Å²) in [7, 11) is 0. The molecule has 1 aliphatic carbocycles. The number of hydrogen-bond donors (Lipinski definition) is 2. The zero-order valence-electron chi connectivity index (χ0n) is 14.3. The second kappa shape index (κ2) is 8.52. The number of hydrogen-bond acceptors (Lipinski definition) is 4. The summed E-state index contributed by atoms with van der Waals surface area (Å²) in [5.74, 6) is 1.81. The highest BCUT2D eigenvalue weighted by atomic mass is 35.5. The van der Waals surface area contributed by atoms with Crippen LogP contribution in [0.1, 0.15) is 30.4 Å². The molecule has 24 heavy (non-hydrogen) atoms. The van der Waals surface area contributed by atoms with Gasteiger partial charge in [-0.05, 0) is 48.9 Å². The number of fused-ring (bicyclic) bond motifs is 1. The van der Waals surface area contributed by atoms with Crippen molar-refractivity contribution in [2.24, 2.45) is 5.92 Å². The molecule has 1 aromatic rings. The van der Waals surface area contributed by atoms with Gasteiger partial charge in [-0.3, -0.25) is 0 Å². The van der Waals surface area contributed by atoms with Crippen molar-refractivity contribution in [2.75, 3.05) is 32.9 Å². The molecule has 2 heterocycles. The Morgan fingerprint density at radius 3 is 3.04 bits per heavy atom. The maximum absolute atomic E-state index is 5.66. The third kappa shape index (κ3) is 4.05. The molecular formula is C19H29ClN2O2. The van der Waals surface area contributed by atoms with Crippen LogP contribution in [-0.2, 0) is 17.6 Å². The fraction of sp³-hybridized carbons (Fsp3) is 0.684. The van der Waals surface area contributed by atoms with Gasteiger partial charge in [-0.15, -0.1) is 12.4 Å². The smallest absolute Gasteiger partial charge is 0.122 e. The maximum atomic E-state index is 5.66. The molecule has 0 radical (unpaired) electrons. The minimum Gasteiger partial charge on any atom is -0.493 e. The lowest BCUT2D eigenvalue weighted by Gasteiger charge is -2.33. The van der Waals surface area contributed by atoms with Crippen molar-refractivity contribution in [3.63, 3.8) is 0 Å². The molecule has 3 unspecified atom stereocenters. The standard InChI is InChI=1S/C19H28N2O2.ClH/c1-2-16(18-13-22-11-9-21-18)17(3-1)20-8-6-14-4-5-19-15(12-14)7-10-23-19;/h4-5,12,16-18,20-21H,1-3,6-11,13H2;1H. The summed E-state index contributed by atoms with van der Waals surface area (Å²) in [6, 6.07) is 7.87. The predicted molar refractivity (Wildman–Crippen MR) is 98.3 cm³/mol. The zero-order valence-corrected chi connectivity index (χ0v) is 15.1. The normalized spacial score (nSPS) is 28.9. The van der Waals surface area contributed by atoms with Gasteiger partial charge in [-0.25, -0.2) is 0 Å². The number of ether oxygens (including phenoxy) is 2. The molecule has 0 amide bonds. The van der Waals surface area contributed by atoms with Crippen molar-refractivity contribution in [2.45, 2.75) is 44.2 Å². The predicted octanol–water partition coefficient (Wildman–Crippen LogP) is 2.33. The lowest BCUT2D eigenvalue weighted by molar-refractivity contribution is 0.0526. The summed E-state index contributed by atoms with van der Waals surface area (Å²) < 4.78 is 11.2. The van der Waals surface area contributed by atoms with E-state index in [-0.39, 0.29) is 12.4 Å². The summed E-state index contributed by atoms with van der Waals surface area (Å²) in [6.07, 6.45) is 6.15. The van der Waals surface area contributed by atoms with Crippen LogP contribution >= 0.6 is 12.4 Å². The van der Waals surface area contributed by atoms with Crippen LogP contribution in [-0.4, -0.2) is 45.0 Å². The first-order valence-corrected chi connectivity index (χ1v) is 9.19. The Morgan fingerprint density at radius 2 is 2.17 bits per heavy atom. The van der Waals surface area contributed by atoms with Gasteiger partial charge in [-0.2, -0.15) is 0 Å². The van der Waals surface area contributed by atoms with Gasteiger partial charge in [0, 0.05) is 25.0 Å². The fourth-order valence-electron chi connectivity index (χ4n) is 4.38. The lowest BCUT2D eigenvalue weighted by atomic mass is 9.94. The van der Waals surface area contributed by atoms with E-state index in [9.17, 15) is 0 Å². The summed E-state index contributed by atoms with van der Waals surface area (Å²) in [5.41, 5.74) is 2.81. The van der Waals surface area contributed by atoms with Crippen LogP contribution in [0.2, 0.25) is 0 Å². The molecule has 1 aromatic carbocycles. The molecular weight excluding hydrogens is 324 g/mol. The minimum atomic E-state index is 0. The molecule has 3 aliphatic rings. The SMILES string of the molecule is Cl.c1cc2c(cc1CCNC1CCCC1C1COCCN1)CCO2. The van der Waals surface area contributed by atoms with E-state index < -0.39 is 0 Å². The Hall–Kier alpha value is -0.810. The molecule has 2 aliphatic heterocycles. The van der Waals surface area contributed by atoms with Crippen LogP contribution in [0, 0.1) is 5.92 Å². The van der Waals surface area contributed by atoms with Crippen molar-refractivity contribution in [3.8, 4) is 5.75 Å². The topological polar surface area (TPSA) is 42.5 Å². The van der Waals surface area contributed by atoms with Crippen molar-refractivity contribution in [1.82, 2.24) is 10.6 Å². The average molecular weight is 353 g/mol. The first kappa shape index (κ1) is 18.0. The van der Waals surface area contributed by atoms with Crippen LogP contribution in [0.25, 0.3) is 0 Å².